The van der Waals surface area contributed by atoms with Crippen molar-refractivity contribution < 1.29 is 19.2 Å². The van der Waals surface area contributed by atoms with Crippen molar-refractivity contribution in [2.75, 3.05) is 7.11 Å². The van der Waals surface area contributed by atoms with E-state index in [0.717, 1.165) is 6.07 Å². The summed E-state index contributed by atoms with van der Waals surface area (Å²) in [5.41, 5.74) is -0.339. The Balaban J connectivity index is 2.34. The molecule has 8 heteroatoms. The van der Waals surface area contributed by atoms with Gasteiger partial charge in [-0.3, -0.25) is 10.1 Å². The van der Waals surface area contributed by atoms with Gasteiger partial charge >= 0.3 is 11.7 Å². The van der Waals surface area contributed by atoms with Crippen LogP contribution in [0.15, 0.2) is 36.4 Å². The highest BCUT2D eigenvalue weighted by atomic mass is 35.5. The van der Waals surface area contributed by atoms with Gasteiger partial charge in [-0.25, -0.2) is 4.79 Å². The first kappa shape index (κ1) is 16.1. The molecule has 0 radical (unpaired) electrons. The Morgan fingerprint density at radius 2 is 1.91 bits per heavy atom. The number of carbonyl (C=O) groups is 1. The molecule has 0 bridgehead atoms. The number of hydrogen-bond donors (Lipinski definition) is 0. The van der Waals surface area contributed by atoms with Gasteiger partial charge in [-0.2, -0.15) is 0 Å². The second-order valence-electron chi connectivity index (χ2n) is 4.10. The molecule has 0 atom stereocenters. The quantitative estimate of drug-likeness (QED) is 0.361. The molecule has 114 valence electrons. The number of methoxy groups -OCH3 is 1. The Bertz CT molecular complexity index is 748. The van der Waals surface area contributed by atoms with Crippen LogP contribution in [0.5, 0.6) is 11.5 Å². The first-order valence-corrected chi connectivity index (χ1v) is 6.67. The van der Waals surface area contributed by atoms with Crippen LogP contribution in [0.25, 0.3) is 0 Å². The molecule has 0 aliphatic carbocycles. The summed E-state index contributed by atoms with van der Waals surface area (Å²) in [6.45, 7) is 0. The van der Waals surface area contributed by atoms with Crippen molar-refractivity contribution in [3.05, 3.63) is 62.1 Å². The average molecular weight is 342 g/mol. The second kappa shape index (κ2) is 6.64. The minimum atomic E-state index is -0.824. The summed E-state index contributed by atoms with van der Waals surface area (Å²) in [6.07, 6.45) is 0. The molecular weight excluding hydrogens is 333 g/mol. The zero-order chi connectivity index (χ0) is 16.3. The Morgan fingerprint density at radius 3 is 2.50 bits per heavy atom. The topological polar surface area (TPSA) is 78.7 Å². The summed E-state index contributed by atoms with van der Waals surface area (Å²) >= 11 is 11.6. The fourth-order valence-electron chi connectivity index (χ4n) is 1.66. The van der Waals surface area contributed by atoms with E-state index in [1.807, 2.05) is 0 Å². The van der Waals surface area contributed by atoms with Crippen molar-refractivity contribution in [3.8, 4) is 11.5 Å². The van der Waals surface area contributed by atoms with E-state index < -0.39 is 16.6 Å². The van der Waals surface area contributed by atoms with E-state index in [1.54, 1.807) is 0 Å². The first-order valence-electron chi connectivity index (χ1n) is 5.92. The zero-order valence-electron chi connectivity index (χ0n) is 11.2. The predicted molar refractivity (Wildman–Crippen MR) is 81.1 cm³/mol. The van der Waals surface area contributed by atoms with E-state index in [2.05, 4.69) is 0 Å². The van der Waals surface area contributed by atoms with Crippen LogP contribution >= 0.6 is 23.2 Å². The molecule has 0 heterocycles. The largest absolute Gasteiger partial charge is 0.496 e. The molecule has 2 rings (SSSR count). The van der Waals surface area contributed by atoms with Crippen LogP contribution in [0.1, 0.15) is 10.4 Å². The summed E-state index contributed by atoms with van der Waals surface area (Å²) in [6, 6.07) is 8.10. The fourth-order valence-corrected chi connectivity index (χ4v) is 2.15. The van der Waals surface area contributed by atoms with E-state index in [1.165, 1.54) is 37.4 Å². The number of nitro groups is 1. The Morgan fingerprint density at radius 1 is 1.18 bits per heavy atom. The maximum Gasteiger partial charge on any atom is 0.345 e. The van der Waals surface area contributed by atoms with Gasteiger partial charge in [-0.05, 0) is 30.3 Å². The second-order valence-corrected chi connectivity index (χ2v) is 4.95. The molecule has 0 aliphatic rings. The summed E-state index contributed by atoms with van der Waals surface area (Å²) in [5, 5.41) is 11.5. The minimum Gasteiger partial charge on any atom is -0.496 e. The van der Waals surface area contributed by atoms with E-state index in [-0.39, 0.29) is 22.1 Å². The number of carbonyl (C=O) groups excluding carboxylic acids is 1. The van der Waals surface area contributed by atoms with Crippen molar-refractivity contribution in [1.82, 2.24) is 0 Å². The number of esters is 1. The van der Waals surface area contributed by atoms with Crippen molar-refractivity contribution in [1.29, 1.82) is 0 Å². The van der Waals surface area contributed by atoms with Gasteiger partial charge < -0.3 is 9.47 Å². The molecule has 0 saturated heterocycles. The zero-order valence-corrected chi connectivity index (χ0v) is 12.7. The molecule has 0 aromatic heterocycles. The molecule has 0 N–H and O–H groups in total. The van der Waals surface area contributed by atoms with E-state index in [0.29, 0.717) is 5.02 Å². The van der Waals surface area contributed by atoms with Crippen LogP contribution in [0.2, 0.25) is 10.0 Å². The number of benzene rings is 2. The molecule has 6 nitrogen and oxygen atoms in total. The van der Waals surface area contributed by atoms with Crippen molar-refractivity contribution in [3.63, 3.8) is 0 Å². The SMILES string of the molecule is COc1ccc(OC(=O)c2ccc(Cl)cc2Cl)c([N+](=O)[O-])c1. The van der Waals surface area contributed by atoms with Gasteiger partial charge in [0.2, 0.25) is 5.75 Å². The Labute approximate surface area is 135 Å². The van der Waals surface area contributed by atoms with Gasteiger partial charge in [0.25, 0.3) is 0 Å². The van der Waals surface area contributed by atoms with Crippen molar-refractivity contribution in [2.45, 2.75) is 0 Å². The third kappa shape index (κ3) is 3.47. The van der Waals surface area contributed by atoms with Gasteiger partial charge in [0.15, 0.2) is 0 Å². The lowest BCUT2D eigenvalue weighted by Crippen LogP contribution is -2.10. The van der Waals surface area contributed by atoms with Crippen LogP contribution < -0.4 is 9.47 Å². The maximum absolute atomic E-state index is 12.1. The van der Waals surface area contributed by atoms with E-state index in [4.69, 9.17) is 32.7 Å². The normalized spacial score (nSPS) is 10.1. The third-order valence-corrected chi connectivity index (χ3v) is 3.26. The molecule has 0 aliphatic heterocycles. The molecule has 2 aromatic rings. The fraction of sp³-hybridized carbons (Fsp3) is 0.0714. The summed E-state index contributed by atoms with van der Waals surface area (Å²) < 4.78 is 9.95. The predicted octanol–water partition coefficient (Wildman–Crippen LogP) is 4.13. The van der Waals surface area contributed by atoms with Crippen LogP contribution in [0.4, 0.5) is 5.69 Å². The number of nitrogens with zero attached hydrogens (tertiary/aromatic N) is 1. The van der Waals surface area contributed by atoms with Gasteiger partial charge in [-0.15, -0.1) is 0 Å². The lowest BCUT2D eigenvalue weighted by molar-refractivity contribution is -0.385. The van der Waals surface area contributed by atoms with Crippen molar-refractivity contribution >= 4 is 34.9 Å². The first-order chi connectivity index (χ1) is 10.4. The molecule has 0 saturated carbocycles. The highest BCUT2D eigenvalue weighted by molar-refractivity contribution is 6.36. The number of hydrogen-bond acceptors (Lipinski definition) is 5. The maximum atomic E-state index is 12.1. The lowest BCUT2D eigenvalue weighted by Gasteiger charge is -2.07. The third-order valence-electron chi connectivity index (χ3n) is 2.72. The molecule has 2 aromatic carbocycles. The number of halogens is 2. The number of rotatable bonds is 4. The van der Waals surface area contributed by atoms with Crippen LogP contribution in [-0.2, 0) is 0 Å². The highest BCUT2D eigenvalue weighted by Gasteiger charge is 2.21. The molecule has 0 unspecified atom stereocenters. The standard InChI is InChI=1S/C14H9Cl2NO5/c1-21-9-3-5-13(12(7-9)17(19)20)22-14(18)10-4-2-8(15)6-11(10)16/h2-7H,1H3. The van der Waals surface area contributed by atoms with E-state index >= 15 is 0 Å². The number of ether oxygens (including phenoxy) is 2. The van der Waals surface area contributed by atoms with Gasteiger partial charge in [-0.1, -0.05) is 23.2 Å². The smallest absolute Gasteiger partial charge is 0.345 e. The van der Waals surface area contributed by atoms with Gasteiger partial charge in [0, 0.05) is 5.02 Å². The molecular formula is C14H9Cl2NO5. The van der Waals surface area contributed by atoms with Crippen LogP contribution in [0.3, 0.4) is 0 Å². The van der Waals surface area contributed by atoms with Gasteiger partial charge in [0.05, 0.1) is 28.7 Å². The highest BCUT2D eigenvalue weighted by Crippen LogP contribution is 2.32. The number of nitro benzene ring substituents is 1. The monoisotopic (exact) mass is 341 g/mol. The molecule has 0 spiro atoms. The Hall–Kier alpha value is -2.31. The van der Waals surface area contributed by atoms with Crippen LogP contribution in [0, 0.1) is 10.1 Å². The molecule has 0 fully saturated rings. The Kier molecular flexibility index (Phi) is 4.85. The average Bonchev–Trinajstić information content (AvgIpc) is 2.47. The van der Waals surface area contributed by atoms with Gasteiger partial charge in [0.1, 0.15) is 5.75 Å². The summed E-state index contributed by atoms with van der Waals surface area (Å²) in [5.74, 6) is -0.757. The summed E-state index contributed by atoms with van der Waals surface area (Å²) in [4.78, 5) is 22.4. The lowest BCUT2D eigenvalue weighted by atomic mass is 10.2. The minimum absolute atomic E-state index is 0.0520. The van der Waals surface area contributed by atoms with Crippen molar-refractivity contribution in [2.24, 2.45) is 0 Å². The molecule has 0 amide bonds. The van der Waals surface area contributed by atoms with E-state index in [9.17, 15) is 14.9 Å². The van der Waals surface area contributed by atoms with Crippen LogP contribution in [-0.4, -0.2) is 18.0 Å². The summed E-state index contributed by atoms with van der Waals surface area (Å²) in [7, 11) is 1.37. The molecule has 22 heavy (non-hydrogen) atoms.